The van der Waals surface area contributed by atoms with Crippen molar-refractivity contribution in [3.8, 4) is 0 Å². The van der Waals surface area contributed by atoms with Crippen LogP contribution < -0.4 is 11.2 Å². The van der Waals surface area contributed by atoms with E-state index in [1.54, 1.807) is 13.0 Å². The molecule has 0 bridgehead atoms. The van der Waals surface area contributed by atoms with Crippen LogP contribution in [0.1, 0.15) is 20.1 Å². The third-order valence-electron chi connectivity index (χ3n) is 2.62. The molecule has 0 amide bonds. The van der Waals surface area contributed by atoms with Crippen LogP contribution in [-0.2, 0) is 6.54 Å². The van der Waals surface area contributed by atoms with E-state index < -0.39 is 17.1 Å². The minimum absolute atomic E-state index is 0.296. The van der Waals surface area contributed by atoms with E-state index in [2.05, 4.69) is 0 Å². The third kappa shape index (κ3) is 2.70. The number of aromatic amines is 1. The summed E-state index contributed by atoms with van der Waals surface area (Å²) in [6.45, 7) is 3.38. The number of Topliss-reactive ketones (excluding diaryl/α,β-unsaturated/α-hetero) is 1. The van der Waals surface area contributed by atoms with Crippen molar-refractivity contribution < 1.29 is 9.18 Å². The minimum Gasteiger partial charge on any atom is -0.292 e. The summed E-state index contributed by atoms with van der Waals surface area (Å²) in [5, 5.41) is 0. The number of nitrogens with one attached hydrogen (secondary N) is 1. The van der Waals surface area contributed by atoms with Crippen LogP contribution in [0.15, 0.2) is 21.9 Å². The molecule has 0 saturated heterocycles. The van der Waals surface area contributed by atoms with Gasteiger partial charge in [0.1, 0.15) is 0 Å². The lowest BCUT2D eigenvalue weighted by atomic mass is 10.1. The van der Waals surface area contributed by atoms with Crippen molar-refractivity contribution in [1.82, 2.24) is 9.55 Å². The van der Waals surface area contributed by atoms with E-state index in [0.29, 0.717) is 5.56 Å². The van der Waals surface area contributed by atoms with Gasteiger partial charge in [-0.25, -0.2) is 4.79 Å². The van der Waals surface area contributed by atoms with Gasteiger partial charge in [-0.2, -0.15) is 4.39 Å². The van der Waals surface area contributed by atoms with Crippen LogP contribution in [0.2, 0.25) is 0 Å². The Bertz CT molecular complexity index is 757. The number of nitrogens with zero attached hydrogens (tertiary/aromatic N) is 1. The number of thiophene rings is 1. The number of aromatic nitrogens is 2. The van der Waals surface area contributed by atoms with Crippen molar-refractivity contribution in [1.29, 1.82) is 0 Å². The third-order valence-corrected chi connectivity index (χ3v) is 3.59. The number of aryl methyl sites for hydroxylation is 2. The SMILES string of the molecule is Cc1cc(C(=O)Cn2cc(F)c(=O)[nH]c2=O)c(C)s1. The number of carbonyl (C=O) groups excluding carboxylic acids is 1. The van der Waals surface area contributed by atoms with Gasteiger partial charge in [0.05, 0.1) is 12.7 Å². The number of rotatable bonds is 3. The molecule has 0 radical (unpaired) electrons. The van der Waals surface area contributed by atoms with Gasteiger partial charge in [0.15, 0.2) is 5.78 Å². The smallest absolute Gasteiger partial charge is 0.292 e. The molecule has 100 valence electrons. The van der Waals surface area contributed by atoms with Crippen molar-refractivity contribution in [2.24, 2.45) is 0 Å². The molecule has 2 heterocycles. The quantitative estimate of drug-likeness (QED) is 0.861. The summed E-state index contributed by atoms with van der Waals surface area (Å²) in [6.07, 6.45) is 0.744. The molecule has 0 spiro atoms. The maximum Gasteiger partial charge on any atom is 0.328 e. The number of hydrogen-bond acceptors (Lipinski definition) is 4. The first-order chi connectivity index (χ1) is 8.88. The highest BCUT2D eigenvalue weighted by molar-refractivity contribution is 7.12. The van der Waals surface area contributed by atoms with Gasteiger partial charge in [-0.05, 0) is 19.9 Å². The predicted octanol–water partition coefficient (Wildman–Crippen LogP) is 1.24. The highest BCUT2D eigenvalue weighted by Gasteiger charge is 2.14. The van der Waals surface area contributed by atoms with Crippen LogP contribution in [0.5, 0.6) is 0 Å². The summed E-state index contributed by atoms with van der Waals surface area (Å²) in [4.78, 5) is 38.0. The average molecular weight is 282 g/mol. The van der Waals surface area contributed by atoms with Crippen LogP contribution in [0, 0.1) is 19.7 Å². The van der Waals surface area contributed by atoms with Gasteiger partial charge in [0.25, 0.3) is 5.56 Å². The Hall–Kier alpha value is -2.02. The molecule has 7 heteroatoms. The Labute approximate surface area is 111 Å². The summed E-state index contributed by atoms with van der Waals surface area (Å²) in [5.41, 5.74) is -1.37. The molecular weight excluding hydrogens is 271 g/mol. The molecule has 0 aliphatic rings. The molecule has 0 aliphatic carbocycles. The highest BCUT2D eigenvalue weighted by Crippen LogP contribution is 2.21. The summed E-state index contributed by atoms with van der Waals surface area (Å²) in [5.74, 6) is -1.39. The zero-order chi connectivity index (χ0) is 14.2. The van der Waals surface area contributed by atoms with Crippen LogP contribution in [0.3, 0.4) is 0 Å². The number of carbonyl (C=O) groups is 1. The Balaban J connectivity index is 2.34. The fourth-order valence-electron chi connectivity index (χ4n) is 1.75. The second-order valence-corrected chi connectivity index (χ2v) is 5.57. The molecule has 0 saturated carbocycles. The van der Waals surface area contributed by atoms with E-state index in [4.69, 9.17) is 0 Å². The molecule has 2 aromatic heterocycles. The molecule has 0 atom stereocenters. The maximum absolute atomic E-state index is 13.1. The van der Waals surface area contributed by atoms with E-state index >= 15 is 0 Å². The fraction of sp³-hybridized carbons (Fsp3) is 0.250. The normalized spacial score (nSPS) is 10.7. The Kier molecular flexibility index (Phi) is 3.48. The van der Waals surface area contributed by atoms with Crippen LogP contribution in [0.25, 0.3) is 0 Å². The Morgan fingerprint density at radius 3 is 2.68 bits per heavy atom. The summed E-state index contributed by atoms with van der Waals surface area (Å²) >= 11 is 1.48. The van der Waals surface area contributed by atoms with Crippen molar-refractivity contribution in [2.45, 2.75) is 20.4 Å². The first kappa shape index (κ1) is 13.4. The monoisotopic (exact) mass is 282 g/mol. The lowest BCUT2D eigenvalue weighted by molar-refractivity contribution is 0.0969. The van der Waals surface area contributed by atoms with Gasteiger partial charge in [0.2, 0.25) is 5.82 Å². The van der Waals surface area contributed by atoms with Crippen LogP contribution >= 0.6 is 11.3 Å². The summed E-state index contributed by atoms with van der Waals surface area (Å²) in [7, 11) is 0. The number of hydrogen-bond donors (Lipinski definition) is 1. The highest BCUT2D eigenvalue weighted by atomic mass is 32.1. The zero-order valence-corrected chi connectivity index (χ0v) is 11.1. The van der Waals surface area contributed by atoms with Crippen molar-refractivity contribution in [2.75, 3.05) is 0 Å². The van der Waals surface area contributed by atoms with Gasteiger partial charge in [-0.3, -0.25) is 19.1 Å². The number of halogens is 1. The van der Waals surface area contributed by atoms with Crippen LogP contribution in [-0.4, -0.2) is 15.3 Å². The lowest BCUT2D eigenvalue weighted by Crippen LogP contribution is -2.33. The predicted molar refractivity (Wildman–Crippen MR) is 69.4 cm³/mol. The van der Waals surface area contributed by atoms with Crippen molar-refractivity contribution >= 4 is 17.1 Å². The second kappa shape index (κ2) is 4.93. The molecule has 0 unspecified atom stereocenters. The van der Waals surface area contributed by atoms with Gasteiger partial charge in [-0.15, -0.1) is 11.3 Å². The van der Waals surface area contributed by atoms with Crippen LogP contribution in [0.4, 0.5) is 4.39 Å². The summed E-state index contributed by atoms with van der Waals surface area (Å²) < 4.78 is 13.9. The minimum atomic E-state index is -1.09. The van der Waals surface area contributed by atoms with Gasteiger partial charge >= 0.3 is 5.69 Å². The zero-order valence-electron chi connectivity index (χ0n) is 10.3. The molecule has 1 N–H and O–H groups in total. The molecular formula is C12H11FN2O3S. The topological polar surface area (TPSA) is 71.9 Å². The first-order valence-electron chi connectivity index (χ1n) is 5.48. The average Bonchev–Trinajstić information content (AvgIpc) is 2.65. The molecule has 0 aliphatic heterocycles. The van der Waals surface area contributed by atoms with E-state index in [-0.39, 0.29) is 12.3 Å². The largest absolute Gasteiger partial charge is 0.328 e. The van der Waals surface area contributed by atoms with E-state index in [1.807, 2.05) is 11.9 Å². The molecule has 2 rings (SSSR count). The molecule has 0 aromatic carbocycles. The van der Waals surface area contributed by atoms with Crippen molar-refractivity contribution in [3.05, 3.63) is 54.2 Å². The second-order valence-electron chi connectivity index (χ2n) is 4.11. The Morgan fingerprint density at radius 1 is 1.42 bits per heavy atom. The lowest BCUT2D eigenvalue weighted by Gasteiger charge is -2.03. The van der Waals surface area contributed by atoms with Crippen molar-refractivity contribution in [3.63, 3.8) is 0 Å². The van der Waals surface area contributed by atoms with Gasteiger partial charge < -0.3 is 0 Å². The fourth-order valence-corrected chi connectivity index (χ4v) is 2.69. The standard InChI is InChI=1S/C12H11FN2O3S/c1-6-3-8(7(2)19-6)10(16)5-15-4-9(13)11(17)14-12(15)18/h3-4H,5H2,1-2H3,(H,14,17,18). The summed E-state index contributed by atoms with van der Waals surface area (Å²) in [6, 6.07) is 1.73. The number of H-pyrrole nitrogens is 1. The number of ketones is 1. The van der Waals surface area contributed by atoms with E-state index in [9.17, 15) is 18.8 Å². The Morgan fingerprint density at radius 2 is 2.11 bits per heavy atom. The molecule has 19 heavy (non-hydrogen) atoms. The molecule has 5 nitrogen and oxygen atoms in total. The first-order valence-corrected chi connectivity index (χ1v) is 6.29. The maximum atomic E-state index is 13.1. The molecule has 0 fully saturated rings. The molecule has 2 aromatic rings. The van der Waals surface area contributed by atoms with E-state index in [0.717, 1.165) is 20.5 Å². The van der Waals surface area contributed by atoms with Gasteiger partial charge in [0, 0.05) is 15.3 Å². The van der Waals surface area contributed by atoms with E-state index in [1.165, 1.54) is 11.3 Å². The van der Waals surface area contributed by atoms with Gasteiger partial charge in [-0.1, -0.05) is 0 Å².